The number of methoxy groups -OCH3 is 1. The van der Waals surface area contributed by atoms with Crippen LogP contribution in [0.1, 0.15) is 41.6 Å². The van der Waals surface area contributed by atoms with Gasteiger partial charge in [0.15, 0.2) is 0 Å². The van der Waals surface area contributed by atoms with Gasteiger partial charge in [0, 0.05) is 25.3 Å². The van der Waals surface area contributed by atoms with Gasteiger partial charge in [-0.25, -0.2) is 13.1 Å². The fourth-order valence-electron chi connectivity index (χ4n) is 3.20. The number of ether oxygens (including phenoxy) is 1. The van der Waals surface area contributed by atoms with Crippen molar-refractivity contribution in [2.45, 2.75) is 49.7 Å². The summed E-state index contributed by atoms with van der Waals surface area (Å²) in [6.07, 6.45) is -3.77. The van der Waals surface area contributed by atoms with Gasteiger partial charge in [-0.3, -0.25) is 4.79 Å². The zero-order chi connectivity index (χ0) is 20.9. The molecule has 10 heteroatoms. The molecule has 0 heterocycles. The van der Waals surface area contributed by atoms with Crippen molar-refractivity contribution in [2.75, 3.05) is 20.3 Å². The van der Waals surface area contributed by atoms with Gasteiger partial charge in [-0.15, -0.1) is 0 Å². The molecule has 1 saturated carbocycles. The van der Waals surface area contributed by atoms with Crippen LogP contribution in [0, 0.1) is 12.8 Å². The van der Waals surface area contributed by atoms with Crippen LogP contribution in [0.4, 0.5) is 13.2 Å². The number of rotatable bonds is 7. The number of carbonyl (C=O) groups excluding carboxylic acids is 1. The first kappa shape index (κ1) is 22.6. The lowest BCUT2D eigenvalue weighted by molar-refractivity contribution is -0.182. The second-order valence-corrected chi connectivity index (χ2v) is 8.70. The minimum absolute atomic E-state index is 0.0226. The molecule has 1 amide bonds. The number of halogens is 3. The molecule has 1 fully saturated rings. The van der Waals surface area contributed by atoms with Crippen LogP contribution in [-0.2, 0) is 14.8 Å². The van der Waals surface area contributed by atoms with E-state index in [-0.39, 0.29) is 55.3 Å². The van der Waals surface area contributed by atoms with Gasteiger partial charge in [0.2, 0.25) is 10.0 Å². The number of amides is 1. The molecule has 0 aliphatic heterocycles. The van der Waals surface area contributed by atoms with Gasteiger partial charge in [0.1, 0.15) is 0 Å². The second-order valence-electron chi connectivity index (χ2n) is 6.93. The minimum atomic E-state index is -4.20. The Morgan fingerprint density at radius 2 is 1.86 bits per heavy atom. The first-order chi connectivity index (χ1) is 13.0. The van der Waals surface area contributed by atoms with Gasteiger partial charge in [-0.05, 0) is 50.3 Å². The smallest absolute Gasteiger partial charge is 0.383 e. The van der Waals surface area contributed by atoms with Crippen molar-refractivity contribution in [3.63, 3.8) is 0 Å². The van der Waals surface area contributed by atoms with E-state index in [1.807, 2.05) is 0 Å². The van der Waals surface area contributed by atoms with Crippen molar-refractivity contribution < 1.29 is 31.1 Å². The molecule has 1 aliphatic carbocycles. The number of aryl methyl sites for hydroxylation is 1. The predicted molar refractivity (Wildman–Crippen MR) is 97.5 cm³/mol. The van der Waals surface area contributed by atoms with Crippen molar-refractivity contribution in [2.24, 2.45) is 5.92 Å². The maximum Gasteiger partial charge on any atom is 0.391 e. The van der Waals surface area contributed by atoms with Gasteiger partial charge in [-0.1, -0.05) is 6.07 Å². The Balaban J connectivity index is 2.06. The first-order valence-electron chi connectivity index (χ1n) is 9.01. The van der Waals surface area contributed by atoms with E-state index in [0.29, 0.717) is 5.56 Å². The lowest BCUT2D eigenvalue weighted by Crippen LogP contribution is -2.40. The number of carbonyl (C=O) groups is 1. The summed E-state index contributed by atoms with van der Waals surface area (Å²) in [4.78, 5) is 12.5. The molecular formula is C18H25F3N2O4S. The molecule has 1 aliphatic rings. The molecule has 28 heavy (non-hydrogen) atoms. The molecule has 0 bridgehead atoms. The maximum absolute atomic E-state index is 12.8. The van der Waals surface area contributed by atoms with Crippen LogP contribution in [0.5, 0.6) is 0 Å². The van der Waals surface area contributed by atoms with Crippen molar-refractivity contribution in [3.05, 3.63) is 29.3 Å². The number of nitrogens with one attached hydrogen (secondary N) is 2. The van der Waals surface area contributed by atoms with E-state index in [2.05, 4.69) is 10.0 Å². The number of hydrogen-bond acceptors (Lipinski definition) is 4. The fourth-order valence-corrected chi connectivity index (χ4v) is 4.24. The normalized spacial score (nSPS) is 20.8. The maximum atomic E-state index is 12.8. The molecule has 0 spiro atoms. The summed E-state index contributed by atoms with van der Waals surface area (Å²) in [5, 5.41) is 2.74. The summed E-state index contributed by atoms with van der Waals surface area (Å²) in [6.45, 7) is 1.97. The van der Waals surface area contributed by atoms with E-state index in [1.165, 1.54) is 25.3 Å². The highest BCUT2D eigenvalue weighted by Crippen LogP contribution is 2.37. The quantitative estimate of drug-likeness (QED) is 0.662. The lowest BCUT2D eigenvalue weighted by Gasteiger charge is -2.30. The standard InChI is InChI=1S/C18H25F3N2O4S/c1-12-3-8-15(28(25,26)22-9-10-27-2)11-16(12)17(24)23-14-6-4-13(5-7-14)18(19,20)21/h3,8,11,13-14,22H,4-7,9-10H2,1-2H3,(H,23,24). The van der Waals surface area contributed by atoms with E-state index >= 15 is 0 Å². The molecule has 1 aromatic rings. The summed E-state index contributed by atoms with van der Waals surface area (Å²) in [5.41, 5.74) is 0.768. The molecule has 158 valence electrons. The van der Waals surface area contributed by atoms with Gasteiger partial charge >= 0.3 is 6.18 Å². The summed E-state index contributed by atoms with van der Waals surface area (Å²) < 4.78 is 70.1. The van der Waals surface area contributed by atoms with Crippen LogP contribution in [0.15, 0.2) is 23.1 Å². The molecule has 1 aromatic carbocycles. The van der Waals surface area contributed by atoms with Crippen molar-refractivity contribution in [1.82, 2.24) is 10.0 Å². The minimum Gasteiger partial charge on any atom is -0.383 e. The van der Waals surface area contributed by atoms with Gasteiger partial charge in [-0.2, -0.15) is 13.2 Å². The zero-order valence-corrected chi connectivity index (χ0v) is 16.6. The summed E-state index contributed by atoms with van der Waals surface area (Å²) >= 11 is 0. The second kappa shape index (κ2) is 9.23. The Morgan fingerprint density at radius 1 is 1.21 bits per heavy atom. The summed E-state index contributed by atoms with van der Waals surface area (Å²) in [5.74, 6) is -1.81. The van der Waals surface area contributed by atoms with Crippen molar-refractivity contribution >= 4 is 15.9 Å². The number of alkyl halides is 3. The van der Waals surface area contributed by atoms with E-state index in [9.17, 15) is 26.4 Å². The van der Waals surface area contributed by atoms with Gasteiger partial charge < -0.3 is 10.1 Å². The number of hydrogen-bond donors (Lipinski definition) is 2. The van der Waals surface area contributed by atoms with Crippen LogP contribution in [0.25, 0.3) is 0 Å². The monoisotopic (exact) mass is 422 g/mol. The first-order valence-corrected chi connectivity index (χ1v) is 10.5. The Kier molecular flexibility index (Phi) is 7.46. The molecule has 0 unspecified atom stereocenters. The van der Waals surface area contributed by atoms with Crippen LogP contribution in [0.2, 0.25) is 0 Å². The molecule has 6 nitrogen and oxygen atoms in total. The molecule has 0 atom stereocenters. The third-order valence-electron chi connectivity index (χ3n) is 4.89. The molecule has 0 aromatic heterocycles. The van der Waals surface area contributed by atoms with Crippen LogP contribution in [-0.4, -0.2) is 46.8 Å². The largest absolute Gasteiger partial charge is 0.391 e. The number of benzene rings is 1. The topological polar surface area (TPSA) is 84.5 Å². The van der Waals surface area contributed by atoms with Crippen LogP contribution < -0.4 is 10.0 Å². The van der Waals surface area contributed by atoms with Crippen LogP contribution >= 0.6 is 0 Å². The Hall–Kier alpha value is -1.65. The lowest BCUT2D eigenvalue weighted by atomic mass is 9.85. The van der Waals surface area contributed by atoms with E-state index in [1.54, 1.807) is 6.92 Å². The Labute approximate surface area is 162 Å². The Bertz CT molecular complexity index is 789. The third kappa shape index (κ3) is 5.92. The molecular weight excluding hydrogens is 397 g/mol. The zero-order valence-electron chi connectivity index (χ0n) is 15.8. The fraction of sp³-hybridized carbons (Fsp3) is 0.611. The molecule has 0 saturated heterocycles. The molecule has 2 rings (SSSR count). The molecule has 2 N–H and O–H groups in total. The Morgan fingerprint density at radius 3 is 2.43 bits per heavy atom. The van der Waals surface area contributed by atoms with Gasteiger partial charge in [0.05, 0.1) is 17.4 Å². The molecule has 0 radical (unpaired) electrons. The van der Waals surface area contributed by atoms with E-state index in [4.69, 9.17) is 4.74 Å². The average molecular weight is 422 g/mol. The van der Waals surface area contributed by atoms with E-state index < -0.39 is 28.0 Å². The highest BCUT2D eigenvalue weighted by molar-refractivity contribution is 7.89. The summed E-state index contributed by atoms with van der Waals surface area (Å²) in [7, 11) is -2.35. The predicted octanol–water partition coefficient (Wildman–Crippen LogP) is 2.77. The summed E-state index contributed by atoms with van der Waals surface area (Å²) in [6, 6.07) is 3.85. The SMILES string of the molecule is COCCNS(=O)(=O)c1ccc(C)c(C(=O)NC2CCC(C(F)(F)F)CC2)c1. The third-order valence-corrected chi connectivity index (χ3v) is 6.35. The highest BCUT2D eigenvalue weighted by Gasteiger charge is 2.41. The van der Waals surface area contributed by atoms with Crippen LogP contribution in [0.3, 0.4) is 0 Å². The average Bonchev–Trinajstić information content (AvgIpc) is 2.61. The highest BCUT2D eigenvalue weighted by atomic mass is 32.2. The van der Waals surface area contributed by atoms with Crippen molar-refractivity contribution in [1.29, 1.82) is 0 Å². The number of sulfonamides is 1. The van der Waals surface area contributed by atoms with E-state index in [0.717, 1.165) is 0 Å². The van der Waals surface area contributed by atoms with Crippen molar-refractivity contribution in [3.8, 4) is 0 Å². The van der Waals surface area contributed by atoms with Gasteiger partial charge in [0.25, 0.3) is 5.91 Å².